The molecule has 1 fully saturated rings. The van der Waals surface area contributed by atoms with Crippen molar-refractivity contribution >= 4 is 17.4 Å². The molecule has 1 amide bonds. The molecular formula is C21H21N5O. The maximum Gasteiger partial charge on any atom is 0.227 e. The Morgan fingerprint density at radius 1 is 0.926 bits per heavy atom. The third kappa shape index (κ3) is 4.11. The monoisotopic (exact) mass is 359 g/mol. The van der Waals surface area contributed by atoms with Crippen molar-refractivity contribution in [2.75, 3.05) is 23.3 Å². The summed E-state index contributed by atoms with van der Waals surface area (Å²) >= 11 is 0. The molecule has 6 heteroatoms. The number of carbonyl (C=O) groups is 1. The highest BCUT2D eigenvalue weighted by atomic mass is 16.1. The highest BCUT2D eigenvalue weighted by Gasteiger charge is 2.25. The van der Waals surface area contributed by atoms with Gasteiger partial charge in [0, 0.05) is 42.7 Å². The van der Waals surface area contributed by atoms with Gasteiger partial charge in [0.2, 0.25) is 5.91 Å². The molecule has 136 valence electrons. The molecule has 3 aromatic rings. The van der Waals surface area contributed by atoms with Crippen molar-refractivity contribution in [2.45, 2.75) is 12.8 Å². The standard InChI is InChI=1S/C21H21N5O/c27-21(23-18-8-12-22-13-9-18)17-10-14-26(15-11-17)20-7-6-19(24-25-20)16-4-2-1-3-5-16/h1-9,12-13,17H,10-11,14-15H2,(H,22,23,27). The molecule has 6 nitrogen and oxygen atoms in total. The highest BCUT2D eigenvalue weighted by molar-refractivity contribution is 5.92. The van der Waals surface area contributed by atoms with Gasteiger partial charge in [0.05, 0.1) is 5.69 Å². The summed E-state index contributed by atoms with van der Waals surface area (Å²) in [7, 11) is 0. The summed E-state index contributed by atoms with van der Waals surface area (Å²) < 4.78 is 0. The fourth-order valence-electron chi connectivity index (χ4n) is 3.31. The smallest absolute Gasteiger partial charge is 0.227 e. The second-order valence-electron chi connectivity index (χ2n) is 6.63. The number of nitrogens with zero attached hydrogens (tertiary/aromatic N) is 4. The zero-order valence-electron chi connectivity index (χ0n) is 15.0. The number of rotatable bonds is 4. The Kier molecular flexibility index (Phi) is 5.05. The minimum Gasteiger partial charge on any atom is -0.355 e. The second kappa shape index (κ2) is 7.95. The molecule has 0 unspecified atom stereocenters. The zero-order valence-corrected chi connectivity index (χ0v) is 15.0. The average Bonchev–Trinajstić information content (AvgIpc) is 2.75. The third-order valence-corrected chi connectivity index (χ3v) is 4.86. The lowest BCUT2D eigenvalue weighted by Crippen LogP contribution is -2.38. The molecule has 0 aliphatic carbocycles. The first kappa shape index (κ1) is 17.1. The predicted octanol–water partition coefficient (Wildman–Crippen LogP) is 3.39. The van der Waals surface area contributed by atoms with Gasteiger partial charge in [-0.05, 0) is 37.1 Å². The Balaban J connectivity index is 1.34. The molecule has 0 bridgehead atoms. The minimum absolute atomic E-state index is 0.0194. The third-order valence-electron chi connectivity index (χ3n) is 4.86. The Morgan fingerprint density at radius 2 is 1.67 bits per heavy atom. The number of amides is 1. The van der Waals surface area contributed by atoms with Gasteiger partial charge in [0.15, 0.2) is 5.82 Å². The van der Waals surface area contributed by atoms with Gasteiger partial charge in [0.25, 0.3) is 0 Å². The van der Waals surface area contributed by atoms with E-state index in [1.165, 1.54) is 0 Å². The molecule has 1 N–H and O–H groups in total. The molecule has 1 saturated heterocycles. The van der Waals surface area contributed by atoms with E-state index in [9.17, 15) is 4.79 Å². The lowest BCUT2D eigenvalue weighted by Gasteiger charge is -2.31. The quantitative estimate of drug-likeness (QED) is 0.773. The molecule has 0 atom stereocenters. The molecule has 27 heavy (non-hydrogen) atoms. The van der Waals surface area contributed by atoms with E-state index in [1.807, 2.05) is 42.5 Å². The molecule has 0 radical (unpaired) electrons. The zero-order chi connectivity index (χ0) is 18.5. The molecule has 1 aliphatic heterocycles. The van der Waals surface area contributed by atoms with E-state index in [4.69, 9.17) is 0 Å². The largest absolute Gasteiger partial charge is 0.355 e. The van der Waals surface area contributed by atoms with Crippen LogP contribution < -0.4 is 10.2 Å². The van der Waals surface area contributed by atoms with Gasteiger partial charge in [-0.1, -0.05) is 30.3 Å². The van der Waals surface area contributed by atoms with Crippen LogP contribution in [0.5, 0.6) is 0 Å². The van der Waals surface area contributed by atoms with Crippen LogP contribution in [0, 0.1) is 5.92 Å². The number of aromatic nitrogens is 3. The lowest BCUT2D eigenvalue weighted by molar-refractivity contribution is -0.120. The SMILES string of the molecule is O=C(Nc1ccncc1)C1CCN(c2ccc(-c3ccccc3)nn2)CC1. The summed E-state index contributed by atoms with van der Waals surface area (Å²) in [6, 6.07) is 17.6. The molecule has 4 rings (SSSR count). The number of hydrogen-bond acceptors (Lipinski definition) is 5. The number of carbonyl (C=O) groups excluding carboxylic acids is 1. The molecule has 0 saturated carbocycles. The predicted molar refractivity (Wildman–Crippen MR) is 105 cm³/mol. The van der Waals surface area contributed by atoms with Gasteiger partial charge in [-0.25, -0.2) is 0 Å². The number of benzene rings is 1. The van der Waals surface area contributed by atoms with Gasteiger partial charge in [-0.2, -0.15) is 0 Å². The second-order valence-corrected chi connectivity index (χ2v) is 6.63. The Morgan fingerprint density at radius 3 is 2.33 bits per heavy atom. The number of nitrogens with one attached hydrogen (secondary N) is 1. The van der Waals surface area contributed by atoms with Gasteiger partial charge < -0.3 is 10.2 Å². The van der Waals surface area contributed by atoms with Gasteiger partial charge in [0.1, 0.15) is 0 Å². The summed E-state index contributed by atoms with van der Waals surface area (Å²) in [5.74, 6) is 0.958. The van der Waals surface area contributed by atoms with E-state index in [0.717, 1.165) is 48.7 Å². The van der Waals surface area contributed by atoms with E-state index in [-0.39, 0.29) is 11.8 Å². The number of hydrogen-bond donors (Lipinski definition) is 1. The van der Waals surface area contributed by atoms with Crippen molar-refractivity contribution in [3.8, 4) is 11.3 Å². The topological polar surface area (TPSA) is 71.0 Å². The Bertz CT molecular complexity index is 875. The number of anilines is 2. The fourth-order valence-corrected chi connectivity index (χ4v) is 3.31. The molecule has 1 aliphatic rings. The normalized spacial score (nSPS) is 14.7. The van der Waals surface area contributed by atoms with Crippen LogP contribution in [0.3, 0.4) is 0 Å². The summed E-state index contributed by atoms with van der Waals surface area (Å²) in [6.07, 6.45) is 4.96. The van der Waals surface area contributed by atoms with E-state index in [1.54, 1.807) is 24.5 Å². The van der Waals surface area contributed by atoms with E-state index < -0.39 is 0 Å². The number of piperidine rings is 1. The summed E-state index contributed by atoms with van der Waals surface area (Å²) in [4.78, 5) is 18.6. The van der Waals surface area contributed by atoms with Gasteiger partial charge in [-0.15, -0.1) is 10.2 Å². The lowest BCUT2D eigenvalue weighted by atomic mass is 9.96. The van der Waals surface area contributed by atoms with Crippen LogP contribution in [-0.2, 0) is 4.79 Å². The van der Waals surface area contributed by atoms with Crippen molar-refractivity contribution < 1.29 is 4.79 Å². The Hall–Kier alpha value is -3.28. The van der Waals surface area contributed by atoms with Crippen LogP contribution in [0.25, 0.3) is 11.3 Å². The van der Waals surface area contributed by atoms with Crippen molar-refractivity contribution in [3.63, 3.8) is 0 Å². The summed E-state index contributed by atoms with van der Waals surface area (Å²) in [5, 5.41) is 11.7. The fraction of sp³-hybridized carbons (Fsp3) is 0.238. The molecule has 2 aromatic heterocycles. The van der Waals surface area contributed by atoms with Crippen LogP contribution >= 0.6 is 0 Å². The minimum atomic E-state index is 0.0194. The van der Waals surface area contributed by atoms with Crippen molar-refractivity contribution in [2.24, 2.45) is 5.92 Å². The highest BCUT2D eigenvalue weighted by Crippen LogP contribution is 2.24. The van der Waals surface area contributed by atoms with E-state index in [2.05, 4.69) is 25.4 Å². The maximum absolute atomic E-state index is 12.4. The first-order valence-corrected chi connectivity index (χ1v) is 9.14. The van der Waals surface area contributed by atoms with E-state index in [0.29, 0.717) is 0 Å². The molecular weight excluding hydrogens is 338 g/mol. The number of pyridine rings is 1. The van der Waals surface area contributed by atoms with Crippen molar-refractivity contribution in [1.29, 1.82) is 0 Å². The van der Waals surface area contributed by atoms with Crippen LogP contribution in [0.1, 0.15) is 12.8 Å². The van der Waals surface area contributed by atoms with Gasteiger partial charge in [-0.3, -0.25) is 9.78 Å². The molecule has 1 aromatic carbocycles. The molecule has 0 spiro atoms. The average molecular weight is 359 g/mol. The molecule has 3 heterocycles. The van der Waals surface area contributed by atoms with Crippen LogP contribution in [0.15, 0.2) is 67.0 Å². The summed E-state index contributed by atoms with van der Waals surface area (Å²) in [6.45, 7) is 1.60. The van der Waals surface area contributed by atoms with Crippen LogP contribution in [0.2, 0.25) is 0 Å². The van der Waals surface area contributed by atoms with Crippen molar-refractivity contribution in [1.82, 2.24) is 15.2 Å². The van der Waals surface area contributed by atoms with E-state index >= 15 is 0 Å². The maximum atomic E-state index is 12.4. The first-order valence-electron chi connectivity index (χ1n) is 9.14. The van der Waals surface area contributed by atoms with Crippen molar-refractivity contribution in [3.05, 3.63) is 67.0 Å². The summed E-state index contributed by atoms with van der Waals surface area (Å²) in [5.41, 5.74) is 2.72. The van der Waals surface area contributed by atoms with Gasteiger partial charge >= 0.3 is 0 Å². The van der Waals surface area contributed by atoms with Crippen LogP contribution in [0.4, 0.5) is 11.5 Å². The first-order chi connectivity index (χ1) is 13.3. The van der Waals surface area contributed by atoms with Crippen LogP contribution in [-0.4, -0.2) is 34.2 Å². The Labute approximate surface area is 158 Å².